The van der Waals surface area contributed by atoms with Crippen molar-refractivity contribution in [1.29, 1.82) is 0 Å². The van der Waals surface area contributed by atoms with E-state index in [1.807, 2.05) is 12.2 Å². The monoisotopic (exact) mass is 875 g/mol. The lowest BCUT2D eigenvalue weighted by atomic mass is 9.85. The van der Waals surface area contributed by atoms with E-state index in [0.29, 0.717) is 6.42 Å². The second-order valence-corrected chi connectivity index (χ2v) is 17.2. The molecular formula is C45H79O14P. The van der Waals surface area contributed by atoms with Crippen LogP contribution in [0.2, 0.25) is 0 Å². The van der Waals surface area contributed by atoms with Crippen LogP contribution in [0.15, 0.2) is 48.6 Å². The van der Waals surface area contributed by atoms with Gasteiger partial charge >= 0.3 is 19.8 Å². The van der Waals surface area contributed by atoms with Crippen molar-refractivity contribution in [2.24, 2.45) is 0 Å². The molecule has 0 aromatic rings. The van der Waals surface area contributed by atoms with Gasteiger partial charge in [0.2, 0.25) is 0 Å². The van der Waals surface area contributed by atoms with E-state index in [4.69, 9.17) is 18.5 Å². The summed E-state index contributed by atoms with van der Waals surface area (Å²) in [5, 5.41) is 60.4. The van der Waals surface area contributed by atoms with E-state index < -0.39 is 81.8 Å². The Labute approximate surface area is 359 Å². The maximum atomic E-state index is 12.8. The summed E-state index contributed by atoms with van der Waals surface area (Å²) in [6.07, 6.45) is 23.3. The summed E-state index contributed by atoms with van der Waals surface area (Å²) in [4.78, 5) is 35.7. The molecule has 0 aromatic heterocycles. The van der Waals surface area contributed by atoms with E-state index in [-0.39, 0.29) is 25.7 Å². The first-order valence-electron chi connectivity index (χ1n) is 22.5. The molecule has 348 valence electrons. The SMILES string of the molecule is CCCCC/C=C/C/C=C/C/C=C/C=C/C(O)CCCC(=O)OC(COC(=O)CCCCCCCCCCCCCCC)COP(=O)(O)OC1C(O)C(O)C(O)C(O)C1O. The zero-order valence-corrected chi connectivity index (χ0v) is 37.2. The summed E-state index contributed by atoms with van der Waals surface area (Å²) in [5.41, 5.74) is 0. The molecule has 0 heterocycles. The number of esters is 2. The molecule has 0 bridgehead atoms. The largest absolute Gasteiger partial charge is 0.472 e. The molecule has 0 radical (unpaired) electrons. The van der Waals surface area contributed by atoms with Gasteiger partial charge in [-0.15, -0.1) is 0 Å². The molecule has 15 heteroatoms. The Morgan fingerprint density at radius 2 is 1.10 bits per heavy atom. The third-order valence-electron chi connectivity index (χ3n) is 10.3. The topological polar surface area (TPSA) is 230 Å². The van der Waals surface area contributed by atoms with Crippen LogP contribution >= 0.6 is 7.82 Å². The highest BCUT2D eigenvalue weighted by atomic mass is 31.2. The zero-order valence-electron chi connectivity index (χ0n) is 36.4. The van der Waals surface area contributed by atoms with Crippen LogP contribution in [0.4, 0.5) is 0 Å². The average Bonchev–Trinajstić information content (AvgIpc) is 3.22. The number of phosphoric acid groups is 1. The van der Waals surface area contributed by atoms with Crippen LogP contribution in [0.3, 0.4) is 0 Å². The van der Waals surface area contributed by atoms with E-state index in [9.17, 15) is 49.7 Å². The van der Waals surface area contributed by atoms with Gasteiger partial charge in [0, 0.05) is 12.8 Å². The normalized spacial score (nSPS) is 23.1. The van der Waals surface area contributed by atoms with Gasteiger partial charge in [-0.05, 0) is 44.9 Å². The highest BCUT2D eigenvalue weighted by Gasteiger charge is 2.51. The lowest BCUT2D eigenvalue weighted by Crippen LogP contribution is -2.64. The number of allylic oxidation sites excluding steroid dienone is 7. The molecule has 1 aliphatic rings. The van der Waals surface area contributed by atoms with Crippen molar-refractivity contribution in [2.75, 3.05) is 13.2 Å². The van der Waals surface area contributed by atoms with Gasteiger partial charge in [0.25, 0.3) is 0 Å². The minimum atomic E-state index is -5.17. The van der Waals surface area contributed by atoms with Crippen molar-refractivity contribution < 1.29 is 68.2 Å². The average molecular weight is 875 g/mol. The van der Waals surface area contributed by atoms with E-state index >= 15 is 0 Å². The molecule has 0 aromatic carbocycles. The second-order valence-electron chi connectivity index (χ2n) is 15.8. The van der Waals surface area contributed by atoms with Gasteiger partial charge in [0.15, 0.2) is 6.10 Å². The maximum absolute atomic E-state index is 12.8. The van der Waals surface area contributed by atoms with Gasteiger partial charge in [0.05, 0.1) is 12.7 Å². The minimum absolute atomic E-state index is 0.128. The zero-order chi connectivity index (χ0) is 44.4. The fourth-order valence-electron chi connectivity index (χ4n) is 6.57. The molecule has 0 spiro atoms. The van der Waals surface area contributed by atoms with Crippen molar-refractivity contribution in [3.8, 4) is 0 Å². The first-order valence-corrected chi connectivity index (χ1v) is 24.0. The van der Waals surface area contributed by atoms with Crippen molar-refractivity contribution in [2.45, 2.75) is 210 Å². The standard InChI is InChI=1S/C45H79O14P/c1-3-5-7-9-11-13-15-17-19-21-23-25-27-30-36(46)31-29-33-39(48)58-37(35-57-60(54,55)59-45-43(52)41(50)40(49)42(51)44(45)53)34-56-38(47)32-28-26-24-22-20-18-16-14-12-10-8-6-4-2/h11,13,17,19,23,25,27,30,36-37,40-46,49-53H,3-10,12,14-16,18,20-22,24,26,28-29,31-35H2,1-2H3,(H,54,55)/b13-11+,19-17+,25-23+,30-27+. The smallest absolute Gasteiger partial charge is 0.462 e. The van der Waals surface area contributed by atoms with Gasteiger partial charge in [-0.2, -0.15) is 0 Å². The highest BCUT2D eigenvalue weighted by molar-refractivity contribution is 7.47. The third-order valence-corrected chi connectivity index (χ3v) is 11.3. The lowest BCUT2D eigenvalue weighted by molar-refractivity contribution is -0.220. The maximum Gasteiger partial charge on any atom is 0.472 e. The van der Waals surface area contributed by atoms with Crippen LogP contribution in [-0.2, 0) is 32.7 Å². The fraction of sp³-hybridized carbons (Fsp3) is 0.778. The molecule has 0 amide bonds. The number of hydrogen-bond acceptors (Lipinski definition) is 13. The molecule has 0 saturated heterocycles. The third kappa shape index (κ3) is 27.7. The fourth-order valence-corrected chi connectivity index (χ4v) is 7.54. The van der Waals surface area contributed by atoms with E-state index in [2.05, 4.69) is 38.2 Å². The van der Waals surface area contributed by atoms with E-state index in [1.54, 1.807) is 12.2 Å². The van der Waals surface area contributed by atoms with Crippen LogP contribution in [0, 0.1) is 0 Å². The molecule has 14 nitrogen and oxygen atoms in total. The Kier molecular flexibility index (Phi) is 32.8. The van der Waals surface area contributed by atoms with Crippen molar-refractivity contribution in [3.63, 3.8) is 0 Å². The van der Waals surface area contributed by atoms with Crippen LogP contribution in [0.5, 0.6) is 0 Å². The summed E-state index contributed by atoms with van der Waals surface area (Å²) < 4.78 is 33.3. The number of carbonyl (C=O) groups is 2. The summed E-state index contributed by atoms with van der Waals surface area (Å²) >= 11 is 0. The summed E-state index contributed by atoms with van der Waals surface area (Å²) in [6, 6.07) is 0. The lowest BCUT2D eigenvalue weighted by Gasteiger charge is -2.41. The Morgan fingerprint density at radius 1 is 0.600 bits per heavy atom. The Bertz CT molecular complexity index is 1260. The van der Waals surface area contributed by atoms with Gasteiger partial charge in [-0.3, -0.25) is 18.6 Å². The van der Waals surface area contributed by atoms with Crippen LogP contribution in [0.25, 0.3) is 0 Å². The van der Waals surface area contributed by atoms with E-state index in [1.165, 1.54) is 70.6 Å². The van der Waals surface area contributed by atoms with Crippen LogP contribution in [-0.4, -0.2) is 110 Å². The predicted octanol–water partition coefficient (Wildman–Crippen LogP) is 7.36. The summed E-state index contributed by atoms with van der Waals surface area (Å²) in [7, 11) is -5.17. The van der Waals surface area contributed by atoms with Gasteiger partial charge in [-0.1, -0.05) is 152 Å². The Hall–Kier alpha value is -2.23. The van der Waals surface area contributed by atoms with Gasteiger partial charge in [0.1, 0.15) is 43.2 Å². The number of rotatable bonds is 36. The van der Waals surface area contributed by atoms with Crippen molar-refractivity contribution >= 4 is 19.8 Å². The van der Waals surface area contributed by atoms with Crippen molar-refractivity contribution in [1.82, 2.24) is 0 Å². The summed E-state index contributed by atoms with van der Waals surface area (Å²) in [5.74, 6) is -1.30. The number of hydrogen-bond donors (Lipinski definition) is 7. The van der Waals surface area contributed by atoms with Crippen LogP contribution in [0.1, 0.15) is 162 Å². The van der Waals surface area contributed by atoms with Gasteiger partial charge in [-0.25, -0.2) is 4.57 Å². The second kappa shape index (κ2) is 35.3. The first-order chi connectivity index (χ1) is 28.8. The molecule has 7 N–H and O–H groups in total. The molecule has 7 atom stereocenters. The predicted molar refractivity (Wildman–Crippen MR) is 232 cm³/mol. The Balaban J connectivity index is 2.58. The molecule has 7 unspecified atom stereocenters. The van der Waals surface area contributed by atoms with E-state index in [0.717, 1.165) is 44.9 Å². The molecule has 1 fully saturated rings. The Morgan fingerprint density at radius 3 is 1.70 bits per heavy atom. The quantitative estimate of drug-likeness (QED) is 0.0107. The number of carbonyl (C=O) groups excluding carboxylic acids is 2. The number of ether oxygens (including phenoxy) is 2. The molecular weight excluding hydrogens is 795 g/mol. The molecule has 60 heavy (non-hydrogen) atoms. The minimum Gasteiger partial charge on any atom is -0.462 e. The molecule has 1 aliphatic carbocycles. The van der Waals surface area contributed by atoms with Crippen molar-refractivity contribution in [3.05, 3.63) is 48.6 Å². The molecule has 1 rings (SSSR count). The number of unbranched alkanes of at least 4 members (excludes halogenated alkanes) is 15. The molecule has 1 saturated carbocycles. The molecule has 0 aliphatic heterocycles. The first kappa shape index (κ1) is 55.8. The number of aliphatic hydroxyl groups is 6. The van der Waals surface area contributed by atoms with Crippen LogP contribution < -0.4 is 0 Å². The highest BCUT2D eigenvalue weighted by Crippen LogP contribution is 2.47. The number of phosphoric ester groups is 1. The number of aliphatic hydroxyl groups excluding tert-OH is 6. The summed E-state index contributed by atoms with van der Waals surface area (Å²) in [6.45, 7) is 3.09. The van der Waals surface area contributed by atoms with Gasteiger partial charge < -0.3 is 45.0 Å².